The van der Waals surface area contributed by atoms with Gasteiger partial charge in [-0.15, -0.1) is 11.3 Å². The first-order valence-corrected chi connectivity index (χ1v) is 10.2. The van der Waals surface area contributed by atoms with Gasteiger partial charge in [-0.1, -0.05) is 23.7 Å². The molecule has 0 bridgehead atoms. The average Bonchev–Trinajstić information content (AvgIpc) is 3.21. The number of hydrogen-bond acceptors (Lipinski definition) is 6. The third kappa shape index (κ3) is 3.28. The summed E-state index contributed by atoms with van der Waals surface area (Å²) in [6.07, 6.45) is 2.56. The van der Waals surface area contributed by atoms with Crippen LogP contribution in [0.2, 0.25) is 5.02 Å². The minimum atomic E-state index is -0.364. The number of thiophene rings is 1. The van der Waals surface area contributed by atoms with Crippen molar-refractivity contribution in [1.29, 1.82) is 0 Å². The van der Waals surface area contributed by atoms with Crippen LogP contribution in [0.4, 0.5) is 0 Å². The summed E-state index contributed by atoms with van der Waals surface area (Å²) in [4.78, 5) is 26.6. The predicted octanol–water partition coefficient (Wildman–Crippen LogP) is 4.83. The average molecular weight is 437 g/mol. The zero-order chi connectivity index (χ0) is 20.7. The molecule has 1 amide bonds. The van der Waals surface area contributed by atoms with Gasteiger partial charge in [0.2, 0.25) is 5.43 Å². The third-order valence-electron chi connectivity index (χ3n) is 4.68. The highest BCUT2D eigenvalue weighted by molar-refractivity contribution is 7.17. The Morgan fingerprint density at radius 1 is 1.20 bits per heavy atom. The summed E-state index contributed by atoms with van der Waals surface area (Å²) in [5.74, 6) is 0.441. The molecule has 0 radical (unpaired) electrons. The summed E-state index contributed by atoms with van der Waals surface area (Å²) in [5, 5.41) is 4.70. The quantitative estimate of drug-likeness (QED) is 0.368. The Labute approximate surface area is 179 Å². The standard InChI is InChI=1S/C22H13ClN2O4S/c23-14-5-6-18-16(8-14)20(26)13(11-29-18)9-24-25-22(27)19-7-12-10-28-17-4-2-1-3-15(17)21(12)30-19/h1-9,11H,10H2,(H,25,27)/b24-9+. The summed E-state index contributed by atoms with van der Waals surface area (Å²) in [6.45, 7) is 0.417. The van der Waals surface area contributed by atoms with Gasteiger partial charge in [0.15, 0.2) is 0 Å². The van der Waals surface area contributed by atoms with Crippen molar-refractivity contribution in [2.24, 2.45) is 5.10 Å². The number of amides is 1. The lowest BCUT2D eigenvalue weighted by atomic mass is 10.1. The molecule has 1 aliphatic rings. The highest BCUT2D eigenvalue weighted by Crippen LogP contribution is 2.42. The Morgan fingerprint density at radius 2 is 2.07 bits per heavy atom. The number of nitrogens with zero attached hydrogens (tertiary/aromatic N) is 1. The zero-order valence-electron chi connectivity index (χ0n) is 15.3. The molecule has 148 valence electrons. The number of halogens is 1. The van der Waals surface area contributed by atoms with Crippen molar-refractivity contribution in [3.63, 3.8) is 0 Å². The first kappa shape index (κ1) is 18.6. The fourth-order valence-electron chi connectivity index (χ4n) is 3.23. The van der Waals surface area contributed by atoms with Crippen molar-refractivity contribution in [3.8, 4) is 16.2 Å². The van der Waals surface area contributed by atoms with Crippen LogP contribution in [0.1, 0.15) is 20.8 Å². The normalized spacial score (nSPS) is 12.4. The van der Waals surface area contributed by atoms with E-state index in [1.165, 1.54) is 29.9 Å². The number of para-hydroxylation sites is 1. The van der Waals surface area contributed by atoms with Crippen LogP contribution in [0.5, 0.6) is 5.75 Å². The highest BCUT2D eigenvalue weighted by Gasteiger charge is 2.22. The van der Waals surface area contributed by atoms with E-state index in [1.54, 1.807) is 18.2 Å². The summed E-state index contributed by atoms with van der Waals surface area (Å²) < 4.78 is 11.2. The van der Waals surface area contributed by atoms with E-state index >= 15 is 0 Å². The van der Waals surface area contributed by atoms with Crippen molar-refractivity contribution >= 4 is 46.0 Å². The molecule has 0 atom stereocenters. The molecule has 30 heavy (non-hydrogen) atoms. The van der Waals surface area contributed by atoms with E-state index in [9.17, 15) is 9.59 Å². The van der Waals surface area contributed by atoms with Crippen LogP contribution in [0.3, 0.4) is 0 Å². The van der Waals surface area contributed by atoms with Gasteiger partial charge in [0, 0.05) is 21.0 Å². The molecule has 1 N–H and O–H groups in total. The zero-order valence-corrected chi connectivity index (χ0v) is 16.9. The number of carbonyl (C=O) groups is 1. The fraction of sp³-hybridized carbons (Fsp3) is 0.0455. The molecule has 2 aromatic carbocycles. The van der Waals surface area contributed by atoms with Crippen LogP contribution in [0.15, 0.2) is 69.1 Å². The van der Waals surface area contributed by atoms with Crippen molar-refractivity contribution in [2.45, 2.75) is 6.61 Å². The lowest BCUT2D eigenvalue weighted by molar-refractivity contribution is 0.0959. The van der Waals surface area contributed by atoms with Gasteiger partial charge in [-0.3, -0.25) is 9.59 Å². The molecule has 8 heteroatoms. The largest absolute Gasteiger partial charge is 0.488 e. The van der Waals surface area contributed by atoms with E-state index in [0.29, 0.717) is 27.5 Å². The second-order valence-corrected chi connectivity index (χ2v) is 8.10. The Kier molecular flexibility index (Phi) is 4.61. The van der Waals surface area contributed by atoms with Gasteiger partial charge in [-0.05, 0) is 36.4 Å². The number of rotatable bonds is 3. The number of carbonyl (C=O) groups excluding carboxylic acids is 1. The second-order valence-electron chi connectivity index (χ2n) is 6.61. The monoisotopic (exact) mass is 436 g/mol. The Balaban J connectivity index is 1.37. The van der Waals surface area contributed by atoms with Crippen LogP contribution in [0.25, 0.3) is 21.4 Å². The third-order valence-corrected chi connectivity index (χ3v) is 6.12. The molecule has 1 aliphatic heterocycles. The molecular weight excluding hydrogens is 424 g/mol. The lowest BCUT2D eigenvalue weighted by Gasteiger charge is -2.16. The van der Waals surface area contributed by atoms with Crippen molar-refractivity contribution in [1.82, 2.24) is 5.43 Å². The Hall–Kier alpha value is -3.42. The van der Waals surface area contributed by atoms with Gasteiger partial charge in [-0.2, -0.15) is 5.10 Å². The molecule has 6 nitrogen and oxygen atoms in total. The summed E-state index contributed by atoms with van der Waals surface area (Å²) in [6, 6.07) is 14.3. The molecule has 0 fully saturated rings. The fourth-order valence-corrected chi connectivity index (χ4v) is 4.49. The number of hydrazone groups is 1. The molecule has 5 rings (SSSR count). The SMILES string of the molecule is O=C(N/N=C/c1coc2ccc(Cl)cc2c1=O)c1cc2c(s1)-c1ccccc1OC2. The van der Waals surface area contributed by atoms with E-state index in [-0.39, 0.29) is 16.9 Å². The predicted molar refractivity (Wildman–Crippen MR) is 117 cm³/mol. The lowest BCUT2D eigenvalue weighted by Crippen LogP contribution is -2.17. The number of hydrogen-bond donors (Lipinski definition) is 1. The highest BCUT2D eigenvalue weighted by atomic mass is 35.5. The maximum Gasteiger partial charge on any atom is 0.281 e. The smallest absolute Gasteiger partial charge is 0.281 e. The van der Waals surface area contributed by atoms with Gasteiger partial charge >= 0.3 is 0 Å². The minimum Gasteiger partial charge on any atom is -0.488 e. The molecular formula is C22H13ClN2O4S. The van der Waals surface area contributed by atoms with Gasteiger partial charge in [-0.25, -0.2) is 5.43 Å². The number of ether oxygens (including phenoxy) is 1. The van der Waals surface area contributed by atoms with Crippen LogP contribution in [-0.2, 0) is 6.61 Å². The molecule has 0 saturated carbocycles. The van der Waals surface area contributed by atoms with Crippen LogP contribution < -0.4 is 15.6 Å². The van der Waals surface area contributed by atoms with E-state index in [2.05, 4.69) is 10.5 Å². The minimum absolute atomic E-state index is 0.206. The van der Waals surface area contributed by atoms with E-state index in [1.807, 2.05) is 24.3 Å². The maximum absolute atomic E-state index is 12.5. The Morgan fingerprint density at radius 3 is 2.97 bits per heavy atom. The molecule has 2 aromatic heterocycles. The number of benzene rings is 2. The molecule has 3 heterocycles. The summed E-state index contributed by atoms with van der Waals surface area (Å²) in [5.41, 5.74) is 4.74. The van der Waals surface area contributed by atoms with Gasteiger partial charge in [0.05, 0.1) is 22.0 Å². The molecule has 0 spiro atoms. The molecule has 0 aliphatic carbocycles. The van der Waals surface area contributed by atoms with Gasteiger partial charge < -0.3 is 9.15 Å². The van der Waals surface area contributed by atoms with Crippen molar-refractivity contribution < 1.29 is 13.9 Å². The van der Waals surface area contributed by atoms with Crippen molar-refractivity contribution in [2.75, 3.05) is 0 Å². The maximum atomic E-state index is 12.5. The number of fused-ring (bicyclic) bond motifs is 4. The van der Waals surface area contributed by atoms with Gasteiger partial charge in [0.1, 0.15) is 24.2 Å². The number of nitrogens with one attached hydrogen (secondary N) is 1. The summed E-state index contributed by atoms with van der Waals surface area (Å²) in [7, 11) is 0. The van der Waals surface area contributed by atoms with Crippen LogP contribution in [-0.4, -0.2) is 12.1 Å². The first-order valence-electron chi connectivity index (χ1n) is 8.99. The Bertz CT molecular complexity index is 1390. The van der Waals surface area contributed by atoms with Crippen LogP contribution in [0, 0.1) is 0 Å². The second kappa shape index (κ2) is 7.44. The van der Waals surface area contributed by atoms with Gasteiger partial charge in [0.25, 0.3) is 5.91 Å². The molecule has 0 unspecified atom stereocenters. The van der Waals surface area contributed by atoms with E-state index < -0.39 is 0 Å². The van der Waals surface area contributed by atoms with Crippen LogP contribution >= 0.6 is 22.9 Å². The van der Waals surface area contributed by atoms with E-state index in [0.717, 1.165) is 21.8 Å². The molecule has 4 aromatic rings. The topological polar surface area (TPSA) is 80.9 Å². The van der Waals surface area contributed by atoms with E-state index in [4.69, 9.17) is 20.8 Å². The van der Waals surface area contributed by atoms with Crippen molar-refractivity contribution in [3.05, 3.63) is 86.0 Å². The molecule has 0 saturated heterocycles. The first-order chi connectivity index (χ1) is 14.6. The summed E-state index contributed by atoms with van der Waals surface area (Å²) >= 11 is 7.33.